The molecule has 7 nitrogen and oxygen atoms in total. The molecule has 0 spiro atoms. The van der Waals surface area contributed by atoms with E-state index in [4.69, 9.17) is 0 Å². The highest BCUT2D eigenvalue weighted by Crippen LogP contribution is 2.26. The van der Waals surface area contributed by atoms with E-state index in [1.165, 1.54) is 12.1 Å². The van der Waals surface area contributed by atoms with Gasteiger partial charge in [0.05, 0.1) is 28.3 Å². The third-order valence-electron chi connectivity index (χ3n) is 5.64. The molecule has 1 heterocycles. The van der Waals surface area contributed by atoms with Crippen LogP contribution < -0.4 is 10.6 Å². The van der Waals surface area contributed by atoms with Gasteiger partial charge in [-0.1, -0.05) is 43.7 Å². The number of hydrogen-bond acceptors (Lipinski definition) is 6. The number of benzene rings is 2. The first kappa shape index (κ1) is 23.5. The summed E-state index contributed by atoms with van der Waals surface area (Å²) in [5.74, 6) is -0.225. The predicted octanol–water partition coefficient (Wildman–Crippen LogP) is 2.71. The number of carbonyl (C=O) groups excluding carboxylic acids is 1. The van der Waals surface area contributed by atoms with E-state index in [9.17, 15) is 23.7 Å². The Morgan fingerprint density at radius 2 is 1.88 bits per heavy atom. The van der Waals surface area contributed by atoms with Crippen LogP contribution in [0.2, 0.25) is 0 Å². The van der Waals surface area contributed by atoms with Crippen LogP contribution in [0.4, 0.5) is 0 Å². The van der Waals surface area contributed by atoms with Gasteiger partial charge in [-0.2, -0.15) is 10.5 Å². The molecule has 1 saturated heterocycles. The first-order chi connectivity index (χ1) is 15.4. The molecule has 1 fully saturated rings. The lowest BCUT2D eigenvalue weighted by Gasteiger charge is -2.23. The van der Waals surface area contributed by atoms with Crippen molar-refractivity contribution in [2.45, 2.75) is 49.6 Å². The van der Waals surface area contributed by atoms with Crippen molar-refractivity contribution in [1.82, 2.24) is 10.6 Å². The van der Waals surface area contributed by atoms with Crippen molar-refractivity contribution in [2.24, 2.45) is 0 Å². The highest BCUT2D eigenvalue weighted by atomic mass is 32.2. The van der Waals surface area contributed by atoms with E-state index in [-0.39, 0.29) is 28.2 Å². The number of carbonyl (C=O) groups is 1. The lowest BCUT2D eigenvalue weighted by Crippen LogP contribution is -2.49. The van der Waals surface area contributed by atoms with E-state index in [0.29, 0.717) is 12.0 Å². The van der Waals surface area contributed by atoms with Crippen LogP contribution in [0.3, 0.4) is 0 Å². The largest absolute Gasteiger partial charge is 0.339 e. The topological polar surface area (TPSA) is 123 Å². The number of amides is 1. The molecule has 1 unspecified atom stereocenters. The number of nitrogens with zero attached hydrogens (tertiary/aromatic N) is 2. The number of hydrogen-bond donors (Lipinski definition) is 2. The summed E-state index contributed by atoms with van der Waals surface area (Å²) in [5, 5.41) is 24.7. The molecule has 1 aliphatic heterocycles. The fourth-order valence-electron chi connectivity index (χ4n) is 3.75. The van der Waals surface area contributed by atoms with Crippen molar-refractivity contribution in [3.8, 4) is 23.3 Å². The molecule has 32 heavy (non-hydrogen) atoms. The fraction of sp³-hybridized carbons (Fsp3) is 0.375. The number of nitrogens with one attached hydrogen (secondary N) is 2. The minimum atomic E-state index is -3.52. The first-order valence-electron chi connectivity index (χ1n) is 10.7. The molecule has 0 radical (unpaired) electrons. The van der Waals surface area contributed by atoms with Gasteiger partial charge in [0.1, 0.15) is 12.1 Å². The van der Waals surface area contributed by atoms with Gasteiger partial charge in [0, 0.05) is 6.42 Å². The van der Waals surface area contributed by atoms with Crippen molar-refractivity contribution in [3.63, 3.8) is 0 Å². The molecule has 0 aliphatic carbocycles. The van der Waals surface area contributed by atoms with Crippen molar-refractivity contribution in [1.29, 1.82) is 10.5 Å². The molecule has 2 atom stereocenters. The lowest BCUT2D eigenvalue weighted by atomic mass is 9.99. The SMILES string of the molecule is CCS(=O)(=O)c1cc(-c2ccc(C[C@@H](C#N)NC(=O)C3CCCCN3)cc2)ccc1C#N. The molecule has 8 heteroatoms. The van der Waals surface area contributed by atoms with E-state index in [2.05, 4.69) is 16.7 Å². The Morgan fingerprint density at radius 1 is 1.16 bits per heavy atom. The Bertz CT molecular complexity index is 1160. The number of nitriles is 2. The molecular formula is C24H26N4O3S. The molecule has 3 rings (SSSR count). The van der Waals surface area contributed by atoms with Gasteiger partial charge in [0.25, 0.3) is 0 Å². The highest BCUT2D eigenvalue weighted by Gasteiger charge is 2.23. The van der Waals surface area contributed by atoms with Crippen LogP contribution >= 0.6 is 0 Å². The third-order valence-corrected chi connectivity index (χ3v) is 7.41. The number of sulfone groups is 1. The molecule has 0 bridgehead atoms. The van der Waals surface area contributed by atoms with Gasteiger partial charge in [-0.25, -0.2) is 8.42 Å². The zero-order valence-corrected chi connectivity index (χ0v) is 18.8. The van der Waals surface area contributed by atoms with E-state index in [1.807, 2.05) is 30.3 Å². The van der Waals surface area contributed by atoms with Gasteiger partial charge in [-0.05, 0) is 48.2 Å². The quantitative estimate of drug-likeness (QED) is 0.669. The van der Waals surface area contributed by atoms with Gasteiger partial charge in [0.2, 0.25) is 5.91 Å². The molecule has 2 N–H and O–H groups in total. The maximum Gasteiger partial charge on any atom is 0.238 e. The second-order valence-electron chi connectivity index (χ2n) is 7.82. The van der Waals surface area contributed by atoms with Crippen molar-refractivity contribution < 1.29 is 13.2 Å². The third kappa shape index (κ3) is 5.53. The van der Waals surface area contributed by atoms with Gasteiger partial charge in [-0.15, -0.1) is 0 Å². The molecule has 166 valence electrons. The van der Waals surface area contributed by atoms with E-state index in [0.717, 1.165) is 36.9 Å². The zero-order chi connectivity index (χ0) is 23.1. The number of piperidine rings is 1. The Morgan fingerprint density at radius 3 is 2.47 bits per heavy atom. The minimum absolute atomic E-state index is 0.0349. The van der Waals surface area contributed by atoms with Crippen molar-refractivity contribution >= 4 is 15.7 Å². The highest BCUT2D eigenvalue weighted by molar-refractivity contribution is 7.91. The summed E-state index contributed by atoms with van der Waals surface area (Å²) in [6.07, 6.45) is 3.21. The predicted molar refractivity (Wildman–Crippen MR) is 121 cm³/mol. The number of rotatable bonds is 7. The maximum absolute atomic E-state index is 12.4. The average molecular weight is 451 g/mol. The molecule has 2 aromatic carbocycles. The van der Waals surface area contributed by atoms with Crippen LogP contribution in [0.5, 0.6) is 0 Å². The molecular weight excluding hydrogens is 424 g/mol. The van der Waals surface area contributed by atoms with Crippen LogP contribution in [0.25, 0.3) is 11.1 Å². The van der Waals surface area contributed by atoms with Crippen molar-refractivity contribution in [2.75, 3.05) is 12.3 Å². The van der Waals surface area contributed by atoms with E-state index >= 15 is 0 Å². The Kier molecular flexibility index (Phi) is 7.63. The molecule has 2 aromatic rings. The molecule has 1 aliphatic rings. The van der Waals surface area contributed by atoms with Crippen LogP contribution in [-0.2, 0) is 21.1 Å². The van der Waals surface area contributed by atoms with Crippen LogP contribution in [0.1, 0.15) is 37.3 Å². The summed E-state index contributed by atoms with van der Waals surface area (Å²) >= 11 is 0. The average Bonchev–Trinajstić information content (AvgIpc) is 2.84. The first-order valence-corrected chi connectivity index (χ1v) is 12.3. The van der Waals surface area contributed by atoms with Gasteiger partial charge >= 0.3 is 0 Å². The molecule has 0 aromatic heterocycles. The Balaban J connectivity index is 1.73. The van der Waals surface area contributed by atoms with Crippen LogP contribution in [-0.4, -0.2) is 38.7 Å². The van der Waals surface area contributed by atoms with Gasteiger partial charge < -0.3 is 10.6 Å². The lowest BCUT2D eigenvalue weighted by molar-refractivity contribution is -0.124. The summed E-state index contributed by atoms with van der Waals surface area (Å²) in [7, 11) is -3.52. The summed E-state index contributed by atoms with van der Waals surface area (Å²) in [6.45, 7) is 2.36. The smallest absolute Gasteiger partial charge is 0.238 e. The maximum atomic E-state index is 12.4. The van der Waals surface area contributed by atoms with Crippen LogP contribution in [0.15, 0.2) is 47.4 Å². The monoisotopic (exact) mass is 450 g/mol. The summed E-state index contributed by atoms with van der Waals surface area (Å²) in [4.78, 5) is 12.4. The standard InChI is InChI=1S/C24H26N4O3S/c1-2-32(30,31)23-14-19(10-11-20(23)15-25)18-8-6-17(7-9-18)13-21(16-26)28-24(29)22-5-3-4-12-27-22/h6-11,14,21-22,27H,2-5,12-13H2,1H3,(H,28,29)/t21-,22?/m0/s1. The van der Waals surface area contributed by atoms with Crippen LogP contribution in [0, 0.1) is 22.7 Å². The molecule has 1 amide bonds. The Hall–Kier alpha value is -3.20. The summed E-state index contributed by atoms with van der Waals surface area (Å²) < 4.78 is 24.7. The normalized spacial score (nSPS) is 17.0. The fourth-order valence-corrected chi connectivity index (χ4v) is 4.82. The minimum Gasteiger partial charge on any atom is -0.339 e. The second-order valence-corrected chi connectivity index (χ2v) is 10.1. The van der Waals surface area contributed by atoms with E-state index in [1.54, 1.807) is 13.0 Å². The second kappa shape index (κ2) is 10.4. The molecule has 0 saturated carbocycles. The Labute approximate surface area is 189 Å². The van der Waals surface area contributed by atoms with Crippen molar-refractivity contribution in [3.05, 3.63) is 53.6 Å². The zero-order valence-electron chi connectivity index (χ0n) is 18.0. The van der Waals surface area contributed by atoms with Gasteiger partial charge in [0.15, 0.2) is 9.84 Å². The summed E-state index contributed by atoms with van der Waals surface area (Å²) in [6, 6.07) is 15.4. The van der Waals surface area contributed by atoms with Gasteiger partial charge in [-0.3, -0.25) is 4.79 Å². The summed E-state index contributed by atoms with van der Waals surface area (Å²) in [5.41, 5.74) is 2.50. The van der Waals surface area contributed by atoms with E-state index < -0.39 is 15.9 Å².